The van der Waals surface area contributed by atoms with Crippen molar-refractivity contribution in [3.8, 4) is 5.75 Å². The second kappa shape index (κ2) is 8.38. The average molecular weight is 389 g/mol. The van der Waals surface area contributed by atoms with E-state index in [9.17, 15) is 13.2 Å². The molecule has 1 aromatic carbocycles. The molecular formula is C17H25ClN2O4S. The number of ether oxygens (including phenoxy) is 1. The summed E-state index contributed by atoms with van der Waals surface area (Å²) in [6.07, 6.45) is 1.10. The molecule has 1 heterocycles. The molecule has 1 fully saturated rings. The molecule has 1 amide bonds. The monoisotopic (exact) mass is 388 g/mol. The van der Waals surface area contributed by atoms with E-state index in [0.29, 0.717) is 43.2 Å². The van der Waals surface area contributed by atoms with Gasteiger partial charge in [0, 0.05) is 43.2 Å². The molecule has 0 unspecified atom stereocenters. The minimum Gasteiger partial charge on any atom is -0.496 e. The van der Waals surface area contributed by atoms with Crippen molar-refractivity contribution < 1.29 is 17.9 Å². The van der Waals surface area contributed by atoms with Gasteiger partial charge in [0.15, 0.2) is 0 Å². The van der Waals surface area contributed by atoms with Crippen molar-refractivity contribution in [2.24, 2.45) is 5.92 Å². The van der Waals surface area contributed by atoms with Crippen LogP contribution in [0.15, 0.2) is 18.2 Å². The maximum absolute atomic E-state index is 12.7. The quantitative estimate of drug-likeness (QED) is 0.750. The van der Waals surface area contributed by atoms with Crippen molar-refractivity contribution in [1.82, 2.24) is 9.21 Å². The molecule has 0 aliphatic carbocycles. The van der Waals surface area contributed by atoms with Gasteiger partial charge in [-0.15, -0.1) is 0 Å². The topological polar surface area (TPSA) is 66.9 Å². The van der Waals surface area contributed by atoms with Crippen molar-refractivity contribution in [3.63, 3.8) is 0 Å². The van der Waals surface area contributed by atoms with E-state index in [1.165, 1.54) is 4.31 Å². The van der Waals surface area contributed by atoms with Crippen LogP contribution in [0.1, 0.15) is 25.3 Å². The van der Waals surface area contributed by atoms with Crippen molar-refractivity contribution >= 4 is 27.5 Å². The average Bonchev–Trinajstić information content (AvgIpc) is 2.61. The molecule has 0 aromatic heterocycles. The molecule has 1 saturated heterocycles. The highest BCUT2D eigenvalue weighted by molar-refractivity contribution is 7.89. The molecule has 1 aliphatic heterocycles. The first-order valence-electron chi connectivity index (χ1n) is 8.33. The molecule has 1 aromatic rings. The molecule has 0 radical (unpaired) electrons. The summed E-state index contributed by atoms with van der Waals surface area (Å²) in [6.45, 7) is 2.84. The van der Waals surface area contributed by atoms with Crippen LogP contribution >= 0.6 is 11.6 Å². The predicted octanol–water partition coefficient (Wildman–Crippen LogP) is 2.37. The standard InChI is InChI=1S/C17H25ClN2O4S/c1-4-25(22,23)20-9-7-13(8-10-20)17(21)19(2)12-14-11-15(18)5-6-16(14)24-3/h5-6,11,13H,4,7-10,12H2,1-3H3. The minimum atomic E-state index is -3.18. The fraction of sp³-hybridized carbons (Fsp3) is 0.588. The number of amides is 1. The van der Waals surface area contributed by atoms with Gasteiger partial charge in [0.2, 0.25) is 15.9 Å². The third kappa shape index (κ3) is 4.86. The first-order valence-corrected chi connectivity index (χ1v) is 10.3. The Morgan fingerprint density at radius 1 is 1.36 bits per heavy atom. The summed E-state index contributed by atoms with van der Waals surface area (Å²) >= 11 is 6.04. The van der Waals surface area contributed by atoms with E-state index in [0.717, 1.165) is 5.56 Å². The zero-order chi connectivity index (χ0) is 18.6. The van der Waals surface area contributed by atoms with Crippen LogP contribution in [0.25, 0.3) is 0 Å². The highest BCUT2D eigenvalue weighted by atomic mass is 35.5. The van der Waals surface area contributed by atoms with Gasteiger partial charge < -0.3 is 9.64 Å². The van der Waals surface area contributed by atoms with E-state index in [4.69, 9.17) is 16.3 Å². The van der Waals surface area contributed by atoms with Crippen LogP contribution in [0.4, 0.5) is 0 Å². The number of nitrogens with zero attached hydrogens (tertiary/aromatic N) is 2. The van der Waals surface area contributed by atoms with Crippen LogP contribution in [-0.4, -0.2) is 56.5 Å². The maximum Gasteiger partial charge on any atom is 0.225 e. The van der Waals surface area contributed by atoms with Crippen molar-refractivity contribution in [2.75, 3.05) is 33.0 Å². The third-order valence-electron chi connectivity index (χ3n) is 4.59. The SMILES string of the molecule is CCS(=O)(=O)N1CCC(C(=O)N(C)Cc2cc(Cl)ccc2OC)CC1. The zero-order valence-electron chi connectivity index (χ0n) is 14.9. The van der Waals surface area contributed by atoms with Gasteiger partial charge in [0.25, 0.3) is 0 Å². The summed E-state index contributed by atoms with van der Waals surface area (Å²) in [4.78, 5) is 14.4. The summed E-state index contributed by atoms with van der Waals surface area (Å²) in [7, 11) is 0.154. The van der Waals surface area contributed by atoms with Gasteiger partial charge in [-0.2, -0.15) is 0 Å². The lowest BCUT2D eigenvalue weighted by molar-refractivity contribution is -0.135. The second-order valence-electron chi connectivity index (χ2n) is 6.22. The Balaban J connectivity index is 1.99. The van der Waals surface area contributed by atoms with Crippen molar-refractivity contribution in [2.45, 2.75) is 26.3 Å². The maximum atomic E-state index is 12.7. The third-order valence-corrected chi connectivity index (χ3v) is 6.70. The Morgan fingerprint density at radius 3 is 2.56 bits per heavy atom. The number of halogens is 1. The smallest absolute Gasteiger partial charge is 0.225 e. The summed E-state index contributed by atoms with van der Waals surface area (Å²) in [5, 5.41) is 0.592. The summed E-state index contributed by atoms with van der Waals surface area (Å²) in [5.41, 5.74) is 0.844. The van der Waals surface area contributed by atoms with Crippen LogP contribution in [-0.2, 0) is 21.4 Å². The zero-order valence-corrected chi connectivity index (χ0v) is 16.4. The number of piperidine rings is 1. The fourth-order valence-electron chi connectivity index (χ4n) is 3.08. The number of sulfonamides is 1. The second-order valence-corrected chi connectivity index (χ2v) is 8.92. The number of carbonyl (C=O) groups excluding carboxylic acids is 1. The van der Waals surface area contributed by atoms with Crippen LogP contribution in [0, 0.1) is 5.92 Å². The Hall–Kier alpha value is -1.31. The Kier molecular flexibility index (Phi) is 6.71. The largest absolute Gasteiger partial charge is 0.496 e. The molecule has 25 heavy (non-hydrogen) atoms. The molecule has 6 nitrogen and oxygen atoms in total. The lowest BCUT2D eigenvalue weighted by Crippen LogP contribution is -2.43. The molecule has 1 aliphatic rings. The van der Waals surface area contributed by atoms with Gasteiger partial charge in [0.1, 0.15) is 5.75 Å². The van der Waals surface area contributed by atoms with Gasteiger partial charge in [0.05, 0.1) is 12.9 Å². The van der Waals surface area contributed by atoms with Crippen molar-refractivity contribution in [1.29, 1.82) is 0 Å². The van der Waals surface area contributed by atoms with Gasteiger partial charge >= 0.3 is 0 Å². The number of carbonyl (C=O) groups is 1. The molecule has 140 valence electrons. The predicted molar refractivity (Wildman–Crippen MR) is 98.2 cm³/mol. The highest BCUT2D eigenvalue weighted by Crippen LogP contribution is 2.26. The van der Waals surface area contributed by atoms with E-state index in [-0.39, 0.29) is 17.6 Å². The van der Waals surface area contributed by atoms with E-state index in [1.54, 1.807) is 44.2 Å². The van der Waals surface area contributed by atoms with E-state index in [2.05, 4.69) is 0 Å². The van der Waals surface area contributed by atoms with Gasteiger partial charge in [-0.3, -0.25) is 4.79 Å². The Bertz CT molecular complexity index is 715. The molecule has 0 saturated carbocycles. The van der Waals surface area contributed by atoms with Gasteiger partial charge in [-0.1, -0.05) is 11.6 Å². The molecular weight excluding hydrogens is 364 g/mol. The summed E-state index contributed by atoms with van der Waals surface area (Å²) in [6, 6.07) is 5.32. The number of benzene rings is 1. The fourth-order valence-corrected chi connectivity index (χ4v) is 4.41. The minimum absolute atomic E-state index is 0.0237. The van der Waals surface area contributed by atoms with Crippen LogP contribution in [0.3, 0.4) is 0 Å². The first kappa shape index (κ1) is 20.0. The molecule has 0 bridgehead atoms. The lowest BCUT2D eigenvalue weighted by Gasteiger charge is -2.32. The first-order chi connectivity index (χ1) is 11.8. The number of hydrogen-bond acceptors (Lipinski definition) is 4. The van der Waals surface area contributed by atoms with Crippen LogP contribution < -0.4 is 4.74 Å². The van der Waals surface area contributed by atoms with Crippen LogP contribution in [0.2, 0.25) is 5.02 Å². The summed E-state index contributed by atoms with van der Waals surface area (Å²) < 4.78 is 30.6. The molecule has 0 spiro atoms. The van der Waals surface area contributed by atoms with Gasteiger partial charge in [-0.05, 0) is 38.0 Å². The Labute approximate surface area is 154 Å². The number of hydrogen-bond donors (Lipinski definition) is 0. The van der Waals surface area contributed by atoms with Gasteiger partial charge in [-0.25, -0.2) is 12.7 Å². The highest BCUT2D eigenvalue weighted by Gasteiger charge is 2.31. The molecule has 0 N–H and O–H groups in total. The molecule has 8 heteroatoms. The Morgan fingerprint density at radius 2 is 2.00 bits per heavy atom. The summed E-state index contributed by atoms with van der Waals surface area (Å²) in [5.74, 6) is 0.655. The van der Waals surface area contributed by atoms with E-state index in [1.807, 2.05) is 0 Å². The van der Waals surface area contributed by atoms with E-state index < -0.39 is 10.0 Å². The van der Waals surface area contributed by atoms with Crippen LogP contribution in [0.5, 0.6) is 5.75 Å². The molecule has 0 atom stereocenters. The number of methoxy groups -OCH3 is 1. The van der Waals surface area contributed by atoms with E-state index >= 15 is 0 Å². The normalized spacial score (nSPS) is 16.6. The number of rotatable bonds is 6. The lowest BCUT2D eigenvalue weighted by atomic mass is 9.96. The molecule has 2 rings (SSSR count). The van der Waals surface area contributed by atoms with Crippen molar-refractivity contribution in [3.05, 3.63) is 28.8 Å².